The fraction of sp³-hybridized carbons (Fsp3) is 0.667. The van der Waals surface area contributed by atoms with Crippen LogP contribution in [0.1, 0.15) is 25.7 Å². The molecule has 0 aliphatic heterocycles. The molecule has 76 valence electrons. The van der Waals surface area contributed by atoms with Crippen LogP contribution in [0.15, 0.2) is 16.8 Å². The van der Waals surface area contributed by atoms with Crippen LogP contribution in [-0.2, 0) is 0 Å². The highest BCUT2D eigenvalue weighted by molar-refractivity contribution is 7.08. The average molecular weight is 207 g/mol. The topological polar surface area (TPSA) is 12.0 Å². The number of hydrogen-bond donors (Lipinski definition) is 1. The van der Waals surface area contributed by atoms with Gasteiger partial charge in [-0.15, -0.1) is 0 Å². The maximum Gasteiger partial charge on any atom is 0.0448 e. The molecule has 2 aliphatic carbocycles. The summed E-state index contributed by atoms with van der Waals surface area (Å²) in [6, 6.07) is 2.18. The largest absolute Gasteiger partial charge is 0.384 e. The lowest BCUT2D eigenvalue weighted by Crippen LogP contribution is -2.19. The molecular weight excluding hydrogens is 190 g/mol. The second-order valence-electron chi connectivity index (χ2n) is 4.83. The van der Waals surface area contributed by atoms with E-state index in [4.69, 9.17) is 0 Å². The number of anilines is 1. The van der Waals surface area contributed by atoms with E-state index in [9.17, 15) is 0 Å². The third-order valence-electron chi connectivity index (χ3n) is 3.97. The molecule has 0 saturated heterocycles. The van der Waals surface area contributed by atoms with Gasteiger partial charge in [0.2, 0.25) is 0 Å². The minimum Gasteiger partial charge on any atom is -0.384 e. The predicted octanol–water partition coefficient (Wildman–Crippen LogP) is 3.60. The number of thiophene rings is 1. The van der Waals surface area contributed by atoms with Crippen LogP contribution in [0.5, 0.6) is 0 Å². The molecule has 1 nitrogen and oxygen atoms in total. The van der Waals surface area contributed by atoms with Crippen molar-refractivity contribution in [3.05, 3.63) is 16.8 Å². The Morgan fingerprint density at radius 3 is 3.00 bits per heavy atom. The Bertz CT molecular complexity index is 293. The Kier molecular flexibility index (Phi) is 2.24. The minimum absolute atomic E-state index is 0.966. The van der Waals surface area contributed by atoms with E-state index in [1.165, 1.54) is 37.9 Å². The second kappa shape index (κ2) is 3.58. The first kappa shape index (κ1) is 8.78. The Labute approximate surface area is 89.5 Å². The molecule has 2 aliphatic rings. The minimum atomic E-state index is 0.966. The van der Waals surface area contributed by atoms with Gasteiger partial charge in [-0.25, -0.2) is 0 Å². The molecule has 1 N–H and O–H groups in total. The third-order valence-corrected chi connectivity index (χ3v) is 4.66. The molecule has 3 rings (SSSR count). The van der Waals surface area contributed by atoms with Crippen molar-refractivity contribution in [2.75, 3.05) is 11.9 Å². The summed E-state index contributed by atoms with van der Waals surface area (Å²) in [6.07, 6.45) is 6.03. The molecule has 1 aromatic heterocycles. The summed E-state index contributed by atoms with van der Waals surface area (Å²) in [6.45, 7) is 1.21. The van der Waals surface area contributed by atoms with Crippen molar-refractivity contribution in [2.45, 2.75) is 25.7 Å². The molecule has 0 aromatic carbocycles. The molecule has 2 heteroatoms. The van der Waals surface area contributed by atoms with Gasteiger partial charge in [0, 0.05) is 17.6 Å². The Balaban J connectivity index is 1.54. The van der Waals surface area contributed by atoms with Gasteiger partial charge in [0.25, 0.3) is 0 Å². The predicted molar refractivity (Wildman–Crippen MR) is 61.7 cm³/mol. The Hall–Kier alpha value is -0.500. The first-order valence-corrected chi connectivity index (χ1v) is 6.62. The van der Waals surface area contributed by atoms with Crippen LogP contribution in [0.4, 0.5) is 5.69 Å². The van der Waals surface area contributed by atoms with Gasteiger partial charge in [0.1, 0.15) is 0 Å². The first-order valence-electron chi connectivity index (χ1n) is 5.68. The van der Waals surface area contributed by atoms with E-state index in [0.29, 0.717) is 0 Å². The van der Waals surface area contributed by atoms with Crippen LogP contribution in [0.25, 0.3) is 0 Å². The Morgan fingerprint density at radius 2 is 2.36 bits per heavy atom. The smallest absolute Gasteiger partial charge is 0.0448 e. The number of nitrogens with one attached hydrogen (secondary N) is 1. The Morgan fingerprint density at radius 1 is 1.36 bits per heavy atom. The molecule has 3 unspecified atom stereocenters. The van der Waals surface area contributed by atoms with E-state index in [1.54, 1.807) is 11.3 Å². The molecule has 1 aromatic rings. The standard InChI is InChI=1S/C12H17NS/c1-2-10-5-9(1)6-11(10)7-13-12-3-4-14-8-12/h3-4,8-11,13H,1-2,5-7H2. The zero-order chi connectivity index (χ0) is 9.38. The molecule has 2 saturated carbocycles. The lowest BCUT2D eigenvalue weighted by atomic mass is 9.89. The van der Waals surface area contributed by atoms with Crippen molar-refractivity contribution in [1.82, 2.24) is 0 Å². The van der Waals surface area contributed by atoms with Crippen molar-refractivity contribution in [3.8, 4) is 0 Å². The van der Waals surface area contributed by atoms with Crippen molar-refractivity contribution < 1.29 is 0 Å². The maximum absolute atomic E-state index is 3.56. The van der Waals surface area contributed by atoms with Gasteiger partial charge >= 0.3 is 0 Å². The van der Waals surface area contributed by atoms with Crippen LogP contribution in [-0.4, -0.2) is 6.54 Å². The number of fused-ring (bicyclic) bond motifs is 2. The SMILES string of the molecule is c1cc(NCC2CC3CCC2C3)cs1. The maximum atomic E-state index is 3.56. The molecule has 0 radical (unpaired) electrons. The summed E-state index contributed by atoms with van der Waals surface area (Å²) in [7, 11) is 0. The normalized spacial score (nSPS) is 35.0. The van der Waals surface area contributed by atoms with Crippen molar-refractivity contribution in [3.63, 3.8) is 0 Å². The summed E-state index contributed by atoms with van der Waals surface area (Å²) < 4.78 is 0. The lowest BCUT2D eigenvalue weighted by Gasteiger charge is -2.21. The molecule has 0 amide bonds. The fourth-order valence-electron chi connectivity index (χ4n) is 3.24. The van der Waals surface area contributed by atoms with Gasteiger partial charge in [-0.1, -0.05) is 6.42 Å². The molecule has 1 heterocycles. The summed E-state index contributed by atoms with van der Waals surface area (Å²) in [4.78, 5) is 0. The molecule has 14 heavy (non-hydrogen) atoms. The van der Waals surface area contributed by atoms with E-state index in [2.05, 4.69) is 22.1 Å². The number of hydrogen-bond acceptors (Lipinski definition) is 2. The van der Waals surface area contributed by atoms with Crippen LogP contribution in [0.3, 0.4) is 0 Å². The monoisotopic (exact) mass is 207 g/mol. The highest BCUT2D eigenvalue weighted by Crippen LogP contribution is 2.48. The fourth-order valence-corrected chi connectivity index (χ4v) is 3.85. The van der Waals surface area contributed by atoms with E-state index >= 15 is 0 Å². The van der Waals surface area contributed by atoms with Gasteiger partial charge in [-0.3, -0.25) is 0 Å². The van der Waals surface area contributed by atoms with E-state index in [1.807, 2.05) is 0 Å². The van der Waals surface area contributed by atoms with Crippen LogP contribution >= 0.6 is 11.3 Å². The molecular formula is C12H17NS. The molecule has 0 spiro atoms. The first-order chi connectivity index (χ1) is 6.92. The summed E-state index contributed by atoms with van der Waals surface area (Å²) in [5, 5.41) is 7.91. The molecule has 2 bridgehead atoms. The van der Waals surface area contributed by atoms with Crippen molar-refractivity contribution >= 4 is 17.0 Å². The number of rotatable bonds is 3. The van der Waals surface area contributed by atoms with E-state index in [0.717, 1.165) is 17.8 Å². The van der Waals surface area contributed by atoms with Gasteiger partial charge in [-0.05, 0) is 48.5 Å². The van der Waals surface area contributed by atoms with Crippen molar-refractivity contribution in [2.24, 2.45) is 17.8 Å². The quantitative estimate of drug-likeness (QED) is 0.798. The molecule has 2 fully saturated rings. The van der Waals surface area contributed by atoms with Crippen molar-refractivity contribution in [1.29, 1.82) is 0 Å². The van der Waals surface area contributed by atoms with Gasteiger partial charge in [0.05, 0.1) is 0 Å². The lowest BCUT2D eigenvalue weighted by molar-refractivity contribution is 0.348. The summed E-state index contributed by atoms with van der Waals surface area (Å²) >= 11 is 1.77. The van der Waals surface area contributed by atoms with E-state index in [-0.39, 0.29) is 0 Å². The summed E-state index contributed by atoms with van der Waals surface area (Å²) in [5.74, 6) is 3.09. The zero-order valence-electron chi connectivity index (χ0n) is 8.41. The van der Waals surface area contributed by atoms with Crippen LogP contribution < -0.4 is 5.32 Å². The summed E-state index contributed by atoms with van der Waals surface area (Å²) in [5.41, 5.74) is 1.32. The zero-order valence-corrected chi connectivity index (χ0v) is 9.22. The highest BCUT2D eigenvalue weighted by atomic mass is 32.1. The average Bonchev–Trinajstić information content (AvgIpc) is 2.91. The van der Waals surface area contributed by atoms with Crippen LogP contribution in [0.2, 0.25) is 0 Å². The van der Waals surface area contributed by atoms with Gasteiger partial charge in [-0.2, -0.15) is 11.3 Å². The molecule has 3 atom stereocenters. The van der Waals surface area contributed by atoms with Crippen LogP contribution in [0, 0.1) is 17.8 Å². The highest BCUT2D eigenvalue weighted by Gasteiger charge is 2.38. The third kappa shape index (κ3) is 1.56. The van der Waals surface area contributed by atoms with Gasteiger partial charge < -0.3 is 5.32 Å². The van der Waals surface area contributed by atoms with E-state index < -0.39 is 0 Å². The second-order valence-corrected chi connectivity index (χ2v) is 5.61. The van der Waals surface area contributed by atoms with Gasteiger partial charge in [0.15, 0.2) is 0 Å².